The van der Waals surface area contributed by atoms with Crippen LogP contribution in [0.2, 0.25) is 0 Å². The van der Waals surface area contributed by atoms with Crippen LogP contribution in [0.25, 0.3) is 0 Å². The lowest BCUT2D eigenvalue weighted by molar-refractivity contribution is -0.126. The second-order valence-electron chi connectivity index (χ2n) is 5.64. The van der Waals surface area contributed by atoms with Crippen molar-refractivity contribution >= 4 is 11.9 Å². The molecule has 1 amide bonds. The Balaban J connectivity index is 2.09. The molecule has 2 aliphatic rings. The first-order valence-electron chi connectivity index (χ1n) is 5.92. The standard InChI is InChI=1S/C12H19NO3/c1-12(2,3)16-11(15)13-8-4-6-9(13)10(14)7-5-8/h8-9H,4-7H2,1-3H3/t8-,9-/m1/s1. The van der Waals surface area contributed by atoms with Crippen LogP contribution in [0.1, 0.15) is 46.5 Å². The minimum Gasteiger partial charge on any atom is -0.444 e. The summed E-state index contributed by atoms with van der Waals surface area (Å²) in [6.07, 6.45) is 2.84. The summed E-state index contributed by atoms with van der Waals surface area (Å²) in [6.45, 7) is 5.54. The predicted octanol–water partition coefficient (Wildman–Crippen LogP) is 2.12. The summed E-state index contributed by atoms with van der Waals surface area (Å²) < 4.78 is 5.34. The molecule has 90 valence electrons. The average molecular weight is 225 g/mol. The molecule has 2 heterocycles. The quantitative estimate of drug-likeness (QED) is 0.634. The van der Waals surface area contributed by atoms with Crippen LogP contribution >= 0.6 is 0 Å². The molecule has 0 unspecified atom stereocenters. The molecule has 0 radical (unpaired) electrons. The van der Waals surface area contributed by atoms with Gasteiger partial charge in [-0.1, -0.05) is 0 Å². The van der Waals surface area contributed by atoms with E-state index in [2.05, 4.69) is 0 Å². The van der Waals surface area contributed by atoms with E-state index < -0.39 is 5.60 Å². The van der Waals surface area contributed by atoms with Crippen LogP contribution in [0, 0.1) is 0 Å². The van der Waals surface area contributed by atoms with E-state index in [-0.39, 0.29) is 24.0 Å². The van der Waals surface area contributed by atoms with E-state index in [1.54, 1.807) is 4.90 Å². The summed E-state index contributed by atoms with van der Waals surface area (Å²) in [7, 11) is 0. The molecule has 4 nitrogen and oxygen atoms in total. The molecule has 2 bridgehead atoms. The minimum absolute atomic E-state index is 0.194. The van der Waals surface area contributed by atoms with Gasteiger partial charge in [0.1, 0.15) is 5.60 Å². The number of ether oxygens (including phenoxy) is 1. The molecule has 2 atom stereocenters. The van der Waals surface area contributed by atoms with E-state index in [1.165, 1.54) is 0 Å². The highest BCUT2D eigenvalue weighted by Crippen LogP contribution is 2.34. The van der Waals surface area contributed by atoms with Crippen molar-refractivity contribution < 1.29 is 14.3 Å². The third-order valence-corrected chi connectivity index (χ3v) is 3.20. The minimum atomic E-state index is -0.489. The van der Waals surface area contributed by atoms with Gasteiger partial charge >= 0.3 is 6.09 Å². The molecule has 0 N–H and O–H groups in total. The molecule has 2 aliphatic heterocycles. The zero-order chi connectivity index (χ0) is 11.9. The monoisotopic (exact) mass is 225 g/mol. The lowest BCUT2D eigenvalue weighted by Crippen LogP contribution is -2.50. The molecular formula is C12H19NO3. The van der Waals surface area contributed by atoms with Gasteiger partial charge in [0.25, 0.3) is 0 Å². The number of nitrogens with zero attached hydrogens (tertiary/aromatic N) is 1. The number of ketones is 1. The van der Waals surface area contributed by atoms with Crippen molar-refractivity contribution in [2.75, 3.05) is 0 Å². The molecule has 4 heteroatoms. The van der Waals surface area contributed by atoms with E-state index in [0.717, 1.165) is 19.3 Å². The van der Waals surface area contributed by atoms with Gasteiger partial charge in [-0.25, -0.2) is 4.79 Å². The molecule has 0 spiro atoms. The van der Waals surface area contributed by atoms with Crippen molar-refractivity contribution in [3.63, 3.8) is 0 Å². The van der Waals surface area contributed by atoms with E-state index in [9.17, 15) is 9.59 Å². The van der Waals surface area contributed by atoms with Crippen molar-refractivity contribution in [2.45, 2.75) is 64.1 Å². The normalized spacial score (nSPS) is 29.4. The van der Waals surface area contributed by atoms with Gasteiger partial charge < -0.3 is 4.74 Å². The number of amides is 1. The Hall–Kier alpha value is -1.06. The van der Waals surface area contributed by atoms with Crippen LogP contribution in [0.4, 0.5) is 4.79 Å². The molecule has 0 aromatic rings. The number of hydrogen-bond donors (Lipinski definition) is 0. The van der Waals surface area contributed by atoms with Crippen LogP contribution in [0.5, 0.6) is 0 Å². The van der Waals surface area contributed by atoms with E-state index in [4.69, 9.17) is 4.74 Å². The second kappa shape index (κ2) is 3.75. The fraction of sp³-hybridized carbons (Fsp3) is 0.833. The third kappa shape index (κ3) is 2.06. The number of fused-ring (bicyclic) bond motifs is 2. The first-order valence-corrected chi connectivity index (χ1v) is 5.92. The van der Waals surface area contributed by atoms with Crippen LogP contribution in [-0.2, 0) is 9.53 Å². The average Bonchev–Trinajstić information content (AvgIpc) is 2.46. The maximum atomic E-state index is 12.0. The maximum absolute atomic E-state index is 12.0. The van der Waals surface area contributed by atoms with Crippen molar-refractivity contribution in [2.24, 2.45) is 0 Å². The van der Waals surface area contributed by atoms with E-state index in [1.807, 2.05) is 20.8 Å². The summed E-state index contributed by atoms with van der Waals surface area (Å²) in [5.74, 6) is 0.194. The van der Waals surface area contributed by atoms with E-state index in [0.29, 0.717) is 6.42 Å². The SMILES string of the molecule is CC(C)(C)OC(=O)N1[C@H]2CCC(=O)[C@H]1CC2. The summed E-state index contributed by atoms with van der Waals surface area (Å²) in [5, 5.41) is 0. The van der Waals surface area contributed by atoms with Crippen molar-refractivity contribution in [1.29, 1.82) is 0 Å². The third-order valence-electron chi connectivity index (χ3n) is 3.20. The Kier molecular flexibility index (Phi) is 2.68. The number of carbonyl (C=O) groups is 2. The molecule has 0 aliphatic carbocycles. The first kappa shape index (κ1) is 11.4. The smallest absolute Gasteiger partial charge is 0.411 e. The molecule has 16 heavy (non-hydrogen) atoms. The fourth-order valence-electron chi connectivity index (χ4n) is 2.55. The summed E-state index contributed by atoms with van der Waals surface area (Å²) >= 11 is 0. The fourth-order valence-corrected chi connectivity index (χ4v) is 2.55. The molecule has 2 saturated heterocycles. The second-order valence-corrected chi connectivity index (χ2v) is 5.64. The highest BCUT2D eigenvalue weighted by molar-refractivity contribution is 5.89. The number of piperidine rings is 1. The van der Waals surface area contributed by atoms with Gasteiger partial charge in [-0.15, -0.1) is 0 Å². The van der Waals surface area contributed by atoms with Crippen LogP contribution in [-0.4, -0.2) is 34.5 Å². The zero-order valence-corrected chi connectivity index (χ0v) is 10.2. The Bertz CT molecular complexity index is 319. The Morgan fingerprint density at radius 1 is 1.31 bits per heavy atom. The molecule has 0 aromatic heterocycles. The van der Waals surface area contributed by atoms with Gasteiger partial charge in [0.15, 0.2) is 5.78 Å². The largest absolute Gasteiger partial charge is 0.444 e. The van der Waals surface area contributed by atoms with Crippen LogP contribution < -0.4 is 0 Å². The van der Waals surface area contributed by atoms with Gasteiger partial charge in [0, 0.05) is 12.5 Å². The van der Waals surface area contributed by atoms with E-state index >= 15 is 0 Å². The highest BCUT2D eigenvalue weighted by Gasteiger charge is 2.45. The highest BCUT2D eigenvalue weighted by atomic mass is 16.6. The number of carbonyl (C=O) groups excluding carboxylic acids is 2. The van der Waals surface area contributed by atoms with Crippen molar-refractivity contribution in [3.05, 3.63) is 0 Å². The van der Waals surface area contributed by atoms with Crippen molar-refractivity contribution in [1.82, 2.24) is 4.90 Å². The number of hydrogen-bond acceptors (Lipinski definition) is 3. The summed E-state index contributed by atoms with van der Waals surface area (Å²) in [5.41, 5.74) is -0.489. The van der Waals surface area contributed by atoms with Crippen LogP contribution in [0.3, 0.4) is 0 Å². The molecule has 2 fully saturated rings. The predicted molar refractivity (Wildman–Crippen MR) is 59.1 cm³/mol. The summed E-state index contributed by atoms with van der Waals surface area (Å²) in [4.78, 5) is 25.3. The number of Topliss-reactive ketones (excluding diaryl/α,β-unsaturated/α-hetero) is 1. The maximum Gasteiger partial charge on any atom is 0.411 e. The first-order chi connectivity index (χ1) is 7.38. The van der Waals surface area contributed by atoms with Gasteiger partial charge in [-0.3, -0.25) is 9.69 Å². The number of rotatable bonds is 0. The van der Waals surface area contributed by atoms with Crippen LogP contribution in [0.15, 0.2) is 0 Å². The van der Waals surface area contributed by atoms with Crippen molar-refractivity contribution in [3.8, 4) is 0 Å². The molecule has 2 rings (SSSR count). The lowest BCUT2D eigenvalue weighted by atomic mass is 10.0. The summed E-state index contributed by atoms with van der Waals surface area (Å²) in [6, 6.07) is 0.00569. The lowest BCUT2D eigenvalue weighted by Gasteiger charge is -2.35. The Morgan fingerprint density at radius 3 is 2.62 bits per heavy atom. The topological polar surface area (TPSA) is 46.6 Å². The van der Waals surface area contributed by atoms with Gasteiger partial charge in [-0.2, -0.15) is 0 Å². The molecule has 0 aromatic carbocycles. The van der Waals surface area contributed by atoms with Gasteiger partial charge in [0.05, 0.1) is 6.04 Å². The molecule has 0 saturated carbocycles. The Morgan fingerprint density at radius 2 is 2.00 bits per heavy atom. The molecular weight excluding hydrogens is 206 g/mol. The zero-order valence-electron chi connectivity index (χ0n) is 10.2. The Labute approximate surface area is 95.9 Å². The van der Waals surface area contributed by atoms with Gasteiger partial charge in [0.2, 0.25) is 0 Å². The van der Waals surface area contributed by atoms with Gasteiger partial charge in [-0.05, 0) is 40.0 Å².